The molecule has 106 valence electrons. The van der Waals surface area contributed by atoms with E-state index >= 15 is 0 Å². The normalized spacial score (nSPS) is 10.8. The van der Waals surface area contributed by atoms with Crippen LogP contribution in [0.15, 0.2) is 40.1 Å². The summed E-state index contributed by atoms with van der Waals surface area (Å²) in [6.07, 6.45) is 0. The minimum absolute atomic E-state index is 0.225. The van der Waals surface area contributed by atoms with Gasteiger partial charge in [0.05, 0.1) is 4.90 Å². The van der Waals surface area contributed by atoms with Crippen molar-refractivity contribution in [2.45, 2.75) is 16.3 Å². The van der Waals surface area contributed by atoms with E-state index in [0.29, 0.717) is 23.9 Å². The molecule has 20 heavy (non-hydrogen) atoms. The predicted octanol–water partition coefficient (Wildman–Crippen LogP) is 4.11. The van der Waals surface area contributed by atoms with Gasteiger partial charge in [-0.2, -0.15) is 0 Å². The van der Waals surface area contributed by atoms with Gasteiger partial charge in [0.25, 0.3) is 0 Å². The summed E-state index contributed by atoms with van der Waals surface area (Å²) in [5, 5.41) is 2.79. The van der Waals surface area contributed by atoms with Crippen molar-refractivity contribution in [3.8, 4) is 0 Å². The van der Waals surface area contributed by atoms with Crippen LogP contribution in [0, 0.1) is 23.3 Å². The molecule has 0 spiro atoms. The van der Waals surface area contributed by atoms with Crippen LogP contribution in [0.4, 0.5) is 17.6 Å². The smallest absolute Gasteiger partial charge is 0.159 e. The van der Waals surface area contributed by atoms with E-state index in [2.05, 4.69) is 5.32 Å². The fraction of sp³-hybridized carbons (Fsp3) is 0.143. The van der Waals surface area contributed by atoms with Gasteiger partial charge in [0.1, 0.15) is 11.6 Å². The van der Waals surface area contributed by atoms with Gasteiger partial charge in [0.15, 0.2) is 11.6 Å². The van der Waals surface area contributed by atoms with Crippen molar-refractivity contribution in [1.82, 2.24) is 5.32 Å². The van der Waals surface area contributed by atoms with Gasteiger partial charge in [-0.1, -0.05) is 11.8 Å². The summed E-state index contributed by atoms with van der Waals surface area (Å²) in [5.41, 5.74) is 0.470. The molecule has 0 aliphatic rings. The maximum absolute atomic E-state index is 13.8. The van der Waals surface area contributed by atoms with Gasteiger partial charge in [-0.05, 0) is 42.9 Å². The maximum atomic E-state index is 13.8. The van der Waals surface area contributed by atoms with Crippen molar-refractivity contribution < 1.29 is 17.6 Å². The number of hydrogen-bond donors (Lipinski definition) is 1. The molecule has 0 aliphatic heterocycles. The number of hydrogen-bond acceptors (Lipinski definition) is 2. The summed E-state index contributed by atoms with van der Waals surface area (Å²) in [6.45, 7) is 0.337. The van der Waals surface area contributed by atoms with Crippen molar-refractivity contribution >= 4 is 11.8 Å². The molecule has 0 radical (unpaired) electrons. The van der Waals surface area contributed by atoms with E-state index in [1.165, 1.54) is 18.2 Å². The first-order chi connectivity index (χ1) is 9.51. The molecule has 0 fully saturated rings. The Morgan fingerprint density at radius 1 is 0.900 bits per heavy atom. The van der Waals surface area contributed by atoms with Crippen LogP contribution in [0.2, 0.25) is 0 Å². The Balaban J connectivity index is 2.31. The molecule has 6 heteroatoms. The van der Waals surface area contributed by atoms with Gasteiger partial charge in [0.2, 0.25) is 0 Å². The molecule has 1 nitrogen and oxygen atoms in total. The van der Waals surface area contributed by atoms with Gasteiger partial charge in [-0.15, -0.1) is 0 Å². The fourth-order valence-corrected chi connectivity index (χ4v) is 2.52. The van der Waals surface area contributed by atoms with Gasteiger partial charge >= 0.3 is 0 Å². The second-order valence-corrected chi connectivity index (χ2v) is 5.18. The largest absolute Gasteiger partial charge is 0.316 e. The van der Waals surface area contributed by atoms with Gasteiger partial charge in [-0.25, -0.2) is 17.6 Å². The van der Waals surface area contributed by atoms with E-state index in [4.69, 9.17) is 0 Å². The lowest BCUT2D eigenvalue weighted by Crippen LogP contribution is -2.06. The van der Waals surface area contributed by atoms with Crippen molar-refractivity contribution in [2.24, 2.45) is 0 Å². The topological polar surface area (TPSA) is 12.0 Å². The molecule has 0 aliphatic carbocycles. The van der Waals surface area contributed by atoms with Crippen molar-refractivity contribution in [1.29, 1.82) is 0 Å². The highest BCUT2D eigenvalue weighted by Gasteiger charge is 2.14. The Kier molecular flexibility index (Phi) is 4.67. The zero-order chi connectivity index (χ0) is 14.7. The highest BCUT2D eigenvalue weighted by Crippen LogP contribution is 2.33. The highest BCUT2D eigenvalue weighted by molar-refractivity contribution is 7.99. The monoisotopic (exact) mass is 301 g/mol. The van der Waals surface area contributed by atoms with Crippen LogP contribution in [-0.2, 0) is 6.54 Å². The lowest BCUT2D eigenvalue weighted by molar-refractivity contribution is 0.505. The minimum atomic E-state index is -1.05. The minimum Gasteiger partial charge on any atom is -0.316 e. The molecule has 0 bridgehead atoms. The van der Waals surface area contributed by atoms with Crippen LogP contribution >= 0.6 is 11.8 Å². The summed E-state index contributed by atoms with van der Waals surface area (Å²) in [6, 6.07) is 5.51. The molecule has 0 atom stereocenters. The molecule has 2 aromatic rings. The van der Waals surface area contributed by atoms with Crippen LogP contribution in [0.25, 0.3) is 0 Å². The summed E-state index contributed by atoms with van der Waals surface area (Å²) < 4.78 is 53.5. The molecule has 0 unspecified atom stereocenters. The zero-order valence-electron chi connectivity index (χ0n) is 10.5. The Hall–Kier alpha value is -1.53. The third kappa shape index (κ3) is 3.32. The SMILES string of the molecule is CNCc1cc(F)c(Sc2ccc(F)c(F)c2)c(F)c1. The lowest BCUT2D eigenvalue weighted by Gasteiger charge is -2.08. The highest BCUT2D eigenvalue weighted by atomic mass is 32.2. The third-order valence-corrected chi connectivity index (χ3v) is 3.63. The van der Waals surface area contributed by atoms with Crippen LogP contribution in [0.5, 0.6) is 0 Å². The summed E-state index contributed by atoms with van der Waals surface area (Å²) in [7, 11) is 1.67. The number of nitrogens with one attached hydrogen (secondary N) is 1. The second-order valence-electron chi connectivity index (χ2n) is 4.10. The van der Waals surface area contributed by atoms with Crippen LogP contribution in [0.1, 0.15) is 5.56 Å². The molecule has 2 rings (SSSR count). The average molecular weight is 301 g/mol. The van der Waals surface area contributed by atoms with Crippen LogP contribution in [0.3, 0.4) is 0 Å². The van der Waals surface area contributed by atoms with Gasteiger partial charge in [-0.3, -0.25) is 0 Å². The first-order valence-electron chi connectivity index (χ1n) is 5.76. The van der Waals surface area contributed by atoms with E-state index < -0.39 is 23.3 Å². The Bertz CT molecular complexity index is 608. The molecular weight excluding hydrogens is 290 g/mol. The Labute approximate surface area is 118 Å². The summed E-state index contributed by atoms with van der Waals surface area (Å²) in [5.74, 6) is -3.52. The molecule has 0 aromatic heterocycles. The molecule has 1 N–H and O–H groups in total. The number of rotatable bonds is 4. The van der Waals surface area contributed by atoms with E-state index in [0.717, 1.165) is 12.1 Å². The lowest BCUT2D eigenvalue weighted by atomic mass is 10.2. The predicted molar refractivity (Wildman–Crippen MR) is 69.6 cm³/mol. The van der Waals surface area contributed by atoms with E-state index in [9.17, 15) is 17.6 Å². The Morgan fingerprint density at radius 3 is 2.10 bits per heavy atom. The first kappa shape index (κ1) is 14.9. The first-order valence-corrected chi connectivity index (χ1v) is 6.58. The maximum Gasteiger partial charge on any atom is 0.159 e. The Morgan fingerprint density at radius 2 is 1.55 bits per heavy atom. The fourth-order valence-electron chi connectivity index (χ4n) is 1.67. The molecule has 0 amide bonds. The van der Waals surface area contributed by atoms with Crippen LogP contribution in [-0.4, -0.2) is 7.05 Å². The average Bonchev–Trinajstić information content (AvgIpc) is 2.38. The molecule has 0 saturated carbocycles. The van der Waals surface area contributed by atoms with Gasteiger partial charge < -0.3 is 5.32 Å². The number of benzene rings is 2. The standard InChI is InChI=1S/C14H11F4NS/c1-19-7-8-4-12(17)14(13(18)5-8)20-9-2-3-10(15)11(16)6-9/h2-6,19H,7H2,1H3. The van der Waals surface area contributed by atoms with E-state index in [1.54, 1.807) is 7.05 Å². The number of halogens is 4. The van der Waals surface area contributed by atoms with Crippen molar-refractivity contribution in [2.75, 3.05) is 7.05 Å². The van der Waals surface area contributed by atoms with Crippen molar-refractivity contribution in [3.63, 3.8) is 0 Å². The molecule has 0 saturated heterocycles. The molecule has 0 heterocycles. The van der Waals surface area contributed by atoms with Crippen molar-refractivity contribution in [3.05, 3.63) is 59.2 Å². The summed E-state index contributed by atoms with van der Waals surface area (Å²) >= 11 is 0.713. The third-order valence-electron chi connectivity index (χ3n) is 2.55. The van der Waals surface area contributed by atoms with E-state index in [1.807, 2.05) is 0 Å². The molecule has 2 aromatic carbocycles. The summed E-state index contributed by atoms with van der Waals surface area (Å²) in [4.78, 5) is -0.0149. The second kappa shape index (κ2) is 6.28. The zero-order valence-corrected chi connectivity index (χ0v) is 11.3. The van der Waals surface area contributed by atoms with E-state index in [-0.39, 0.29) is 9.79 Å². The van der Waals surface area contributed by atoms with Crippen LogP contribution < -0.4 is 5.32 Å². The van der Waals surface area contributed by atoms with Gasteiger partial charge in [0, 0.05) is 11.4 Å². The quantitative estimate of drug-likeness (QED) is 0.853. The molecular formula is C14H11F4NS.